The van der Waals surface area contributed by atoms with E-state index in [-0.39, 0.29) is 6.04 Å². The molecule has 1 atom stereocenters. The van der Waals surface area contributed by atoms with Gasteiger partial charge in [-0.3, -0.25) is 5.32 Å². The number of nitrogens with two attached hydrogens (primary N) is 1. The van der Waals surface area contributed by atoms with Gasteiger partial charge in [-0.25, -0.2) is 4.79 Å². The maximum absolute atomic E-state index is 11.7. The van der Waals surface area contributed by atoms with Gasteiger partial charge in [0.2, 0.25) is 0 Å². The molecule has 20 heavy (non-hydrogen) atoms. The van der Waals surface area contributed by atoms with Gasteiger partial charge in [0.1, 0.15) is 5.60 Å². The predicted octanol–water partition coefficient (Wildman–Crippen LogP) is 3.97. The van der Waals surface area contributed by atoms with Crippen LogP contribution in [0.3, 0.4) is 0 Å². The first-order valence-corrected chi connectivity index (χ1v) is 7.09. The Kier molecular flexibility index (Phi) is 5.84. The summed E-state index contributed by atoms with van der Waals surface area (Å²) in [7, 11) is 0. The van der Waals surface area contributed by atoms with Crippen molar-refractivity contribution in [3.63, 3.8) is 0 Å². The second-order valence-corrected chi connectivity index (χ2v) is 6.36. The monoisotopic (exact) mass is 298 g/mol. The van der Waals surface area contributed by atoms with Crippen molar-refractivity contribution < 1.29 is 9.53 Å². The second-order valence-electron chi connectivity index (χ2n) is 5.95. The summed E-state index contributed by atoms with van der Waals surface area (Å²) in [6.07, 6.45) is 1.15. The van der Waals surface area contributed by atoms with Crippen LogP contribution in [0.5, 0.6) is 0 Å². The van der Waals surface area contributed by atoms with E-state index in [2.05, 4.69) is 5.32 Å². The maximum atomic E-state index is 11.7. The Hall–Kier alpha value is -1.26. The van der Waals surface area contributed by atoms with Crippen LogP contribution < -0.4 is 11.1 Å². The lowest BCUT2D eigenvalue weighted by Crippen LogP contribution is -2.27. The Morgan fingerprint density at radius 2 is 2.10 bits per heavy atom. The lowest BCUT2D eigenvalue weighted by molar-refractivity contribution is 0.0636. The van der Waals surface area contributed by atoms with Crippen LogP contribution in [0.4, 0.5) is 10.5 Å². The van der Waals surface area contributed by atoms with Gasteiger partial charge in [-0.05, 0) is 64.3 Å². The first-order chi connectivity index (χ1) is 9.17. The largest absolute Gasteiger partial charge is 0.444 e. The number of hydrogen-bond acceptors (Lipinski definition) is 3. The number of halogens is 1. The van der Waals surface area contributed by atoms with Gasteiger partial charge in [0.15, 0.2) is 0 Å². The van der Waals surface area contributed by atoms with Crippen LogP contribution in [0.25, 0.3) is 0 Å². The molecule has 1 aromatic rings. The van der Waals surface area contributed by atoms with Crippen LogP contribution in [-0.2, 0) is 11.2 Å². The Bertz CT molecular complexity index is 467. The molecule has 3 N–H and O–H groups in total. The number of rotatable bonds is 4. The third-order valence-corrected chi connectivity index (χ3v) is 2.93. The first-order valence-electron chi connectivity index (χ1n) is 6.71. The molecule has 1 aromatic carbocycles. The van der Waals surface area contributed by atoms with Gasteiger partial charge in [0, 0.05) is 16.8 Å². The molecule has 0 heterocycles. The van der Waals surface area contributed by atoms with E-state index in [9.17, 15) is 4.79 Å². The van der Waals surface area contributed by atoms with Crippen LogP contribution in [0.1, 0.15) is 39.7 Å². The summed E-state index contributed by atoms with van der Waals surface area (Å²) in [6, 6.07) is 5.50. The topological polar surface area (TPSA) is 64.3 Å². The number of benzene rings is 1. The summed E-state index contributed by atoms with van der Waals surface area (Å²) in [6.45, 7) is 7.42. The Balaban J connectivity index is 2.72. The Morgan fingerprint density at radius 3 is 2.65 bits per heavy atom. The fraction of sp³-hybridized carbons (Fsp3) is 0.533. The molecule has 0 saturated carbocycles. The van der Waals surface area contributed by atoms with Crippen molar-refractivity contribution in [2.24, 2.45) is 5.73 Å². The third-order valence-electron chi connectivity index (χ3n) is 2.56. The van der Waals surface area contributed by atoms with Crippen LogP contribution in [0, 0.1) is 0 Å². The van der Waals surface area contributed by atoms with E-state index in [1.165, 1.54) is 0 Å². The third kappa shape index (κ3) is 6.26. The quantitative estimate of drug-likeness (QED) is 0.884. The van der Waals surface area contributed by atoms with E-state index >= 15 is 0 Å². The highest BCUT2D eigenvalue weighted by molar-refractivity contribution is 6.31. The van der Waals surface area contributed by atoms with Crippen molar-refractivity contribution in [1.29, 1.82) is 0 Å². The van der Waals surface area contributed by atoms with E-state index in [1.807, 2.05) is 33.8 Å². The molecule has 0 spiro atoms. The normalized spacial score (nSPS) is 12.9. The van der Waals surface area contributed by atoms with Gasteiger partial charge < -0.3 is 10.5 Å². The van der Waals surface area contributed by atoms with Crippen molar-refractivity contribution in [3.8, 4) is 0 Å². The number of aryl methyl sites for hydroxylation is 1. The van der Waals surface area contributed by atoms with E-state index in [4.69, 9.17) is 22.1 Å². The molecule has 0 aliphatic heterocycles. The second kappa shape index (κ2) is 6.95. The minimum Gasteiger partial charge on any atom is -0.444 e. The zero-order valence-corrected chi connectivity index (χ0v) is 13.3. The number of nitrogens with one attached hydrogen (secondary N) is 1. The predicted molar refractivity (Wildman–Crippen MR) is 83.3 cm³/mol. The summed E-state index contributed by atoms with van der Waals surface area (Å²) in [5.41, 5.74) is 6.87. The molecule has 0 bridgehead atoms. The lowest BCUT2D eigenvalue weighted by Gasteiger charge is -2.20. The highest BCUT2D eigenvalue weighted by Gasteiger charge is 2.16. The number of carbonyl (C=O) groups excluding carboxylic acids is 1. The fourth-order valence-corrected chi connectivity index (χ4v) is 1.86. The molecule has 1 amide bonds. The molecule has 0 aliphatic carbocycles. The summed E-state index contributed by atoms with van der Waals surface area (Å²) in [5, 5.41) is 3.38. The van der Waals surface area contributed by atoms with E-state index in [0.717, 1.165) is 18.4 Å². The molecule has 5 heteroatoms. The number of hydrogen-bond donors (Lipinski definition) is 2. The van der Waals surface area contributed by atoms with Gasteiger partial charge in [-0.2, -0.15) is 0 Å². The summed E-state index contributed by atoms with van der Waals surface area (Å²) < 4.78 is 5.21. The molecule has 112 valence electrons. The van der Waals surface area contributed by atoms with Gasteiger partial charge in [-0.15, -0.1) is 0 Å². The van der Waals surface area contributed by atoms with E-state index < -0.39 is 11.7 Å². The molecule has 0 aliphatic rings. The van der Waals surface area contributed by atoms with Gasteiger partial charge in [-0.1, -0.05) is 11.6 Å². The van der Waals surface area contributed by atoms with Crippen molar-refractivity contribution >= 4 is 23.4 Å². The molecule has 0 fully saturated rings. The van der Waals surface area contributed by atoms with Crippen LogP contribution in [0.15, 0.2) is 18.2 Å². The SMILES string of the molecule is C[C@@H](N)CCc1cc(NC(=O)OC(C)(C)C)ccc1Cl. The molecule has 0 unspecified atom stereocenters. The molecule has 0 aromatic heterocycles. The van der Waals surface area contributed by atoms with Gasteiger partial charge in [0.05, 0.1) is 0 Å². The van der Waals surface area contributed by atoms with E-state index in [1.54, 1.807) is 12.1 Å². The molecule has 0 radical (unpaired) electrons. The van der Waals surface area contributed by atoms with Crippen molar-refractivity contribution in [2.45, 2.75) is 52.2 Å². The smallest absolute Gasteiger partial charge is 0.412 e. The highest BCUT2D eigenvalue weighted by atomic mass is 35.5. The molecular weight excluding hydrogens is 276 g/mol. The summed E-state index contributed by atoms with van der Waals surface area (Å²) in [4.78, 5) is 11.7. The van der Waals surface area contributed by atoms with Crippen LogP contribution in [0.2, 0.25) is 5.02 Å². The highest BCUT2D eigenvalue weighted by Crippen LogP contribution is 2.22. The van der Waals surface area contributed by atoms with Crippen molar-refractivity contribution in [1.82, 2.24) is 0 Å². The number of anilines is 1. The fourth-order valence-electron chi connectivity index (χ4n) is 1.65. The Morgan fingerprint density at radius 1 is 1.45 bits per heavy atom. The number of ether oxygens (including phenoxy) is 1. The van der Waals surface area contributed by atoms with E-state index in [0.29, 0.717) is 10.7 Å². The minimum absolute atomic E-state index is 0.119. The van der Waals surface area contributed by atoms with Crippen molar-refractivity contribution in [3.05, 3.63) is 28.8 Å². The first kappa shape index (κ1) is 16.8. The number of carbonyl (C=O) groups is 1. The zero-order chi connectivity index (χ0) is 15.3. The standard InChI is InChI=1S/C15H23ClN2O2/c1-10(17)5-6-11-9-12(7-8-13(11)16)18-14(19)20-15(2,3)4/h7-10H,5-6,17H2,1-4H3,(H,18,19)/t10-/m1/s1. The molecule has 0 saturated heterocycles. The number of amides is 1. The van der Waals surface area contributed by atoms with Crippen LogP contribution in [-0.4, -0.2) is 17.7 Å². The van der Waals surface area contributed by atoms with Crippen molar-refractivity contribution in [2.75, 3.05) is 5.32 Å². The van der Waals surface area contributed by atoms with Gasteiger partial charge >= 0.3 is 6.09 Å². The van der Waals surface area contributed by atoms with Gasteiger partial charge in [0.25, 0.3) is 0 Å². The zero-order valence-electron chi connectivity index (χ0n) is 12.5. The Labute approximate surface area is 125 Å². The summed E-state index contributed by atoms with van der Waals surface area (Å²) in [5.74, 6) is 0. The molecular formula is C15H23ClN2O2. The average Bonchev–Trinajstić information content (AvgIpc) is 2.27. The molecule has 1 rings (SSSR count). The summed E-state index contributed by atoms with van der Waals surface area (Å²) >= 11 is 6.14. The average molecular weight is 299 g/mol. The maximum Gasteiger partial charge on any atom is 0.412 e. The lowest BCUT2D eigenvalue weighted by atomic mass is 10.1. The van der Waals surface area contributed by atoms with Crippen LogP contribution >= 0.6 is 11.6 Å². The minimum atomic E-state index is -0.520. The molecule has 4 nitrogen and oxygen atoms in total.